The molecule has 2 rings (SSSR count). The van der Waals surface area contributed by atoms with Gasteiger partial charge >= 0.3 is 0 Å². The van der Waals surface area contributed by atoms with E-state index in [9.17, 15) is 4.39 Å². The Labute approximate surface area is 105 Å². The molecule has 0 saturated carbocycles. The molecule has 1 saturated heterocycles. The van der Waals surface area contributed by atoms with Crippen LogP contribution < -0.4 is 5.32 Å². The molecule has 17 heavy (non-hydrogen) atoms. The molecule has 1 N–H and O–H groups in total. The van der Waals surface area contributed by atoms with E-state index in [0.717, 1.165) is 26.1 Å². The summed E-state index contributed by atoms with van der Waals surface area (Å²) in [6.07, 6.45) is 3.45. The molecule has 94 valence electrons. The molecule has 1 atom stereocenters. The molecule has 5 heteroatoms. The van der Waals surface area contributed by atoms with Crippen LogP contribution in [0.25, 0.3) is 0 Å². The van der Waals surface area contributed by atoms with Gasteiger partial charge in [0, 0.05) is 25.5 Å². The van der Waals surface area contributed by atoms with E-state index >= 15 is 0 Å². The molecule has 0 bridgehead atoms. The van der Waals surface area contributed by atoms with Crippen molar-refractivity contribution in [3.63, 3.8) is 0 Å². The molecule has 0 spiro atoms. The fourth-order valence-corrected chi connectivity index (χ4v) is 2.21. The Balaban J connectivity index is 1.99. The normalized spacial score (nSPS) is 19.0. The molecule has 3 nitrogen and oxygen atoms in total. The summed E-state index contributed by atoms with van der Waals surface area (Å²) in [4.78, 5) is 3.96. The molecule has 2 heterocycles. The zero-order valence-corrected chi connectivity index (χ0v) is 10.5. The first-order valence-corrected chi connectivity index (χ1v) is 6.20. The van der Waals surface area contributed by atoms with Gasteiger partial charge in [-0.25, -0.2) is 9.37 Å². The Morgan fingerprint density at radius 2 is 2.24 bits per heavy atom. The van der Waals surface area contributed by atoms with Crippen LogP contribution in [0.5, 0.6) is 0 Å². The Bertz CT molecular complexity index is 383. The molecule has 0 radical (unpaired) electrons. The van der Waals surface area contributed by atoms with Crippen molar-refractivity contribution in [3.8, 4) is 0 Å². The predicted octanol–water partition coefficient (Wildman–Crippen LogP) is 3.10. The van der Waals surface area contributed by atoms with Crippen LogP contribution in [0.2, 0.25) is 5.02 Å². The lowest BCUT2D eigenvalue weighted by Gasteiger charge is -2.28. The summed E-state index contributed by atoms with van der Waals surface area (Å²) in [6.45, 7) is 3.62. The minimum absolute atomic E-state index is 0.182. The van der Waals surface area contributed by atoms with Gasteiger partial charge in [0.05, 0.1) is 5.02 Å². The second kappa shape index (κ2) is 5.65. The number of rotatable bonds is 3. The quantitative estimate of drug-likeness (QED) is 0.905. The number of nitrogens with one attached hydrogen (secondary N) is 1. The summed E-state index contributed by atoms with van der Waals surface area (Å²) < 4.78 is 18.8. The van der Waals surface area contributed by atoms with E-state index in [1.165, 1.54) is 12.3 Å². The summed E-state index contributed by atoms with van der Waals surface area (Å²) in [5, 5.41) is 3.42. The van der Waals surface area contributed by atoms with Crippen molar-refractivity contribution in [3.05, 3.63) is 23.1 Å². The molecular weight excluding hydrogens is 243 g/mol. The topological polar surface area (TPSA) is 34.2 Å². The highest BCUT2D eigenvalue weighted by molar-refractivity contribution is 6.30. The monoisotopic (exact) mass is 258 g/mol. The molecule has 1 aliphatic rings. The van der Waals surface area contributed by atoms with Crippen molar-refractivity contribution in [2.24, 2.45) is 5.92 Å². The molecule has 0 amide bonds. The summed E-state index contributed by atoms with van der Waals surface area (Å²) in [5.74, 6) is 0.366. The number of nitrogens with zero attached hydrogens (tertiary/aromatic N) is 1. The third kappa shape index (κ3) is 3.30. The Hall–Kier alpha value is -0.870. The Kier molecular flexibility index (Phi) is 4.18. The first kappa shape index (κ1) is 12.6. The minimum Gasteiger partial charge on any atom is -0.381 e. The van der Waals surface area contributed by atoms with Crippen molar-refractivity contribution in [1.82, 2.24) is 4.98 Å². The number of ether oxygens (including phenoxy) is 1. The third-order valence-corrected chi connectivity index (χ3v) is 3.35. The maximum atomic E-state index is 13.5. The smallest absolute Gasteiger partial charge is 0.166 e. The highest BCUT2D eigenvalue weighted by Crippen LogP contribution is 2.23. The van der Waals surface area contributed by atoms with E-state index in [2.05, 4.69) is 10.3 Å². The lowest BCUT2D eigenvalue weighted by molar-refractivity contribution is 0.0622. The van der Waals surface area contributed by atoms with Gasteiger partial charge in [-0.3, -0.25) is 0 Å². The van der Waals surface area contributed by atoms with Gasteiger partial charge in [0.2, 0.25) is 0 Å². The molecule has 0 aliphatic carbocycles. The number of hydrogen-bond donors (Lipinski definition) is 1. The van der Waals surface area contributed by atoms with Crippen LogP contribution in [0.4, 0.5) is 10.2 Å². The summed E-state index contributed by atoms with van der Waals surface area (Å²) in [7, 11) is 0. The van der Waals surface area contributed by atoms with Crippen molar-refractivity contribution in [2.45, 2.75) is 25.8 Å². The number of hydrogen-bond acceptors (Lipinski definition) is 3. The molecule has 1 fully saturated rings. The van der Waals surface area contributed by atoms with Gasteiger partial charge in [0.25, 0.3) is 0 Å². The van der Waals surface area contributed by atoms with Crippen LogP contribution >= 0.6 is 11.6 Å². The van der Waals surface area contributed by atoms with Crippen molar-refractivity contribution in [1.29, 1.82) is 0 Å². The second-order valence-electron chi connectivity index (χ2n) is 4.37. The molecule has 0 aromatic carbocycles. The van der Waals surface area contributed by atoms with Gasteiger partial charge in [-0.2, -0.15) is 0 Å². The van der Waals surface area contributed by atoms with Crippen LogP contribution in [0.1, 0.15) is 19.8 Å². The predicted molar refractivity (Wildman–Crippen MR) is 65.8 cm³/mol. The fourth-order valence-electron chi connectivity index (χ4n) is 2.07. The standard InChI is InChI=1S/C12H16ClFN2O/c1-8(9-2-4-17-5-3-9)16-12-11(14)6-10(13)7-15-12/h6-9H,2-5H2,1H3,(H,15,16). The third-order valence-electron chi connectivity index (χ3n) is 3.15. The van der Waals surface area contributed by atoms with E-state index in [1.54, 1.807) is 0 Å². The summed E-state index contributed by atoms with van der Waals surface area (Å²) >= 11 is 5.66. The molecule has 1 aromatic rings. The zero-order chi connectivity index (χ0) is 12.3. The lowest BCUT2D eigenvalue weighted by Crippen LogP contribution is -2.31. The highest BCUT2D eigenvalue weighted by Gasteiger charge is 2.21. The van der Waals surface area contributed by atoms with Gasteiger partial charge in [-0.15, -0.1) is 0 Å². The Morgan fingerprint density at radius 3 is 2.88 bits per heavy atom. The number of aromatic nitrogens is 1. The van der Waals surface area contributed by atoms with Crippen molar-refractivity contribution >= 4 is 17.4 Å². The SMILES string of the molecule is CC(Nc1ncc(Cl)cc1F)C1CCOCC1. The van der Waals surface area contributed by atoms with Crippen LogP contribution in [0.3, 0.4) is 0 Å². The van der Waals surface area contributed by atoms with Crippen LogP contribution in [-0.4, -0.2) is 24.2 Å². The average molecular weight is 259 g/mol. The first-order chi connectivity index (χ1) is 8.16. The summed E-state index contributed by atoms with van der Waals surface area (Å²) in [6, 6.07) is 1.45. The molecular formula is C12H16ClFN2O. The highest BCUT2D eigenvalue weighted by atomic mass is 35.5. The van der Waals surface area contributed by atoms with Gasteiger partial charge in [0.1, 0.15) is 0 Å². The largest absolute Gasteiger partial charge is 0.381 e. The van der Waals surface area contributed by atoms with Gasteiger partial charge < -0.3 is 10.1 Å². The van der Waals surface area contributed by atoms with E-state index in [1.807, 2.05) is 6.92 Å². The van der Waals surface area contributed by atoms with E-state index < -0.39 is 5.82 Å². The lowest BCUT2D eigenvalue weighted by atomic mass is 9.93. The Morgan fingerprint density at radius 1 is 1.53 bits per heavy atom. The average Bonchev–Trinajstić information content (AvgIpc) is 2.34. The second-order valence-corrected chi connectivity index (χ2v) is 4.80. The van der Waals surface area contributed by atoms with E-state index in [0.29, 0.717) is 10.9 Å². The minimum atomic E-state index is -0.406. The maximum Gasteiger partial charge on any atom is 0.166 e. The van der Waals surface area contributed by atoms with Gasteiger partial charge in [0.15, 0.2) is 11.6 Å². The zero-order valence-electron chi connectivity index (χ0n) is 9.75. The maximum absolute atomic E-state index is 13.5. The number of anilines is 1. The van der Waals surface area contributed by atoms with Gasteiger partial charge in [-0.05, 0) is 31.7 Å². The first-order valence-electron chi connectivity index (χ1n) is 5.82. The van der Waals surface area contributed by atoms with Crippen molar-refractivity contribution < 1.29 is 9.13 Å². The number of halogens is 2. The van der Waals surface area contributed by atoms with Crippen LogP contribution in [0, 0.1) is 11.7 Å². The van der Waals surface area contributed by atoms with Crippen LogP contribution in [-0.2, 0) is 4.74 Å². The molecule has 1 aromatic heterocycles. The van der Waals surface area contributed by atoms with Crippen LogP contribution in [0.15, 0.2) is 12.3 Å². The summed E-state index contributed by atoms with van der Waals surface area (Å²) in [5.41, 5.74) is 0. The van der Waals surface area contributed by atoms with Crippen molar-refractivity contribution in [2.75, 3.05) is 18.5 Å². The fraction of sp³-hybridized carbons (Fsp3) is 0.583. The van der Waals surface area contributed by atoms with E-state index in [4.69, 9.17) is 16.3 Å². The van der Waals surface area contributed by atoms with E-state index in [-0.39, 0.29) is 11.9 Å². The molecule has 1 unspecified atom stereocenters. The number of pyridine rings is 1. The van der Waals surface area contributed by atoms with Gasteiger partial charge in [-0.1, -0.05) is 11.6 Å². The molecule has 1 aliphatic heterocycles.